The fourth-order valence-electron chi connectivity index (χ4n) is 1.97. The molecule has 0 saturated heterocycles. The van der Waals surface area contributed by atoms with Gasteiger partial charge in [0.2, 0.25) is 0 Å². The highest BCUT2D eigenvalue weighted by Gasteiger charge is 2.33. The molecule has 0 aliphatic carbocycles. The lowest BCUT2D eigenvalue weighted by Gasteiger charge is -2.15. The fraction of sp³-hybridized carbons (Fsp3) is 0.357. The number of benzene rings is 1. The molecule has 2 rings (SSSR count). The molecule has 114 valence electrons. The second-order valence-electron chi connectivity index (χ2n) is 4.62. The first-order valence-electron chi connectivity index (χ1n) is 6.53. The topological polar surface area (TPSA) is 29.9 Å². The van der Waals surface area contributed by atoms with E-state index in [0.29, 0.717) is 12.2 Å². The third kappa shape index (κ3) is 4.19. The van der Waals surface area contributed by atoms with Gasteiger partial charge in [-0.2, -0.15) is 18.3 Å². The summed E-state index contributed by atoms with van der Waals surface area (Å²) in [5.41, 5.74) is 0.0418. The van der Waals surface area contributed by atoms with Crippen molar-refractivity contribution in [3.05, 3.63) is 45.3 Å². The lowest BCUT2D eigenvalue weighted by atomic mass is 10.1. The maximum atomic E-state index is 13.2. The van der Waals surface area contributed by atoms with Crippen molar-refractivity contribution in [2.24, 2.45) is 0 Å². The molecule has 1 heterocycles. The maximum absolute atomic E-state index is 13.2. The van der Waals surface area contributed by atoms with Gasteiger partial charge in [0.1, 0.15) is 0 Å². The Kier molecular flexibility index (Phi) is 5.26. The number of rotatable bonds is 5. The van der Waals surface area contributed by atoms with E-state index < -0.39 is 11.7 Å². The summed E-state index contributed by atoms with van der Waals surface area (Å²) in [5, 5.41) is 7.04. The zero-order valence-electron chi connectivity index (χ0n) is 11.4. The van der Waals surface area contributed by atoms with Gasteiger partial charge in [-0.3, -0.25) is 0 Å². The Morgan fingerprint density at radius 1 is 1.33 bits per heavy atom. The highest BCUT2D eigenvalue weighted by atomic mass is 127. The summed E-state index contributed by atoms with van der Waals surface area (Å²) >= 11 is 2.07. The van der Waals surface area contributed by atoms with Crippen molar-refractivity contribution in [2.75, 3.05) is 6.54 Å². The molecular weight excluding hydrogens is 394 g/mol. The third-order valence-corrected chi connectivity index (χ3v) is 3.51. The highest BCUT2D eigenvalue weighted by Crippen LogP contribution is 2.33. The van der Waals surface area contributed by atoms with Crippen LogP contribution >= 0.6 is 22.6 Å². The molecule has 1 aromatic heterocycles. The fourth-order valence-corrected chi connectivity index (χ4v) is 2.36. The number of alkyl halides is 3. The summed E-state index contributed by atoms with van der Waals surface area (Å²) in [5.74, 6) is 0. The average Bonchev–Trinajstić information content (AvgIpc) is 2.85. The number of aromatic nitrogens is 2. The first-order chi connectivity index (χ1) is 9.91. The second kappa shape index (κ2) is 6.78. The van der Waals surface area contributed by atoms with Crippen LogP contribution in [0.2, 0.25) is 0 Å². The van der Waals surface area contributed by atoms with E-state index in [0.717, 1.165) is 16.1 Å². The number of hydrogen-bond donors (Lipinski definition) is 1. The standard InChI is InChI=1S/C14H15F3IN3/c1-2-5-19-7-10-3-4-12(6-13(10)14(15,16)17)21-9-11(18)8-20-21/h3-4,6,8-9,19H,2,5,7H2,1H3. The number of hydrogen-bond acceptors (Lipinski definition) is 2. The lowest BCUT2D eigenvalue weighted by Crippen LogP contribution is -2.18. The molecule has 1 N–H and O–H groups in total. The van der Waals surface area contributed by atoms with Crippen molar-refractivity contribution in [1.82, 2.24) is 15.1 Å². The monoisotopic (exact) mass is 409 g/mol. The van der Waals surface area contributed by atoms with Crippen LogP contribution in [0.15, 0.2) is 30.6 Å². The Labute approximate surface area is 134 Å². The Morgan fingerprint density at radius 3 is 2.67 bits per heavy atom. The van der Waals surface area contributed by atoms with Crippen molar-refractivity contribution in [1.29, 1.82) is 0 Å². The molecule has 0 radical (unpaired) electrons. The minimum atomic E-state index is -4.38. The van der Waals surface area contributed by atoms with Crippen LogP contribution in [0.4, 0.5) is 13.2 Å². The van der Waals surface area contributed by atoms with Crippen LogP contribution in [0.3, 0.4) is 0 Å². The molecule has 21 heavy (non-hydrogen) atoms. The Bertz CT molecular complexity index is 608. The van der Waals surface area contributed by atoms with Crippen molar-refractivity contribution in [3.8, 4) is 5.69 Å². The molecule has 7 heteroatoms. The number of nitrogens with one attached hydrogen (secondary N) is 1. The second-order valence-corrected chi connectivity index (χ2v) is 5.86. The Morgan fingerprint density at radius 2 is 2.10 bits per heavy atom. The van der Waals surface area contributed by atoms with E-state index in [1.54, 1.807) is 18.5 Å². The maximum Gasteiger partial charge on any atom is 0.416 e. The smallest absolute Gasteiger partial charge is 0.313 e. The van der Waals surface area contributed by atoms with Gasteiger partial charge in [0, 0.05) is 12.7 Å². The summed E-state index contributed by atoms with van der Waals surface area (Å²) in [7, 11) is 0. The molecule has 0 fully saturated rings. The van der Waals surface area contributed by atoms with Gasteiger partial charge < -0.3 is 5.32 Å². The van der Waals surface area contributed by atoms with Crippen molar-refractivity contribution < 1.29 is 13.2 Å². The Balaban J connectivity index is 2.35. The van der Waals surface area contributed by atoms with E-state index in [1.165, 1.54) is 10.7 Å². The zero-order chi connectivity index (χ0) is 15.5. The van der Waals surface area contributed by atoms with E-state index in [1.807, 2.05) is 6.92 Å². The Hall–Kier alpha value is -1.09. The van der Waals surface area contributed by atoms with Crippen molar-refractivity contribution in [2.45, 2.75) is 26.1 Å². The summed E-state index contributed by atoms with van der Waals surface area (Å²) in [6.07, 6.45) is -0.208. The molecule has 0 unspecified atom stereocenters. The first-order valence-corrected chi connectivity index (χ1v) is 7.61. The molecule has 0 aliphatic rings. The normalized spacial score (nSPS) is 11.9. The molecule has 0 spiro atoms. The summed E-state index contributed by atoms with van der Waals surface area (Å²) in [6, 6.07) is 4.31. The summed E-state index contributed by atoms with van der Waals surface area (Å²) in [4.78, 5) is 0. The van der Waals surface area contributed by atoms with Crippen LogP contribution in [0.1, 0.15) is 24.5 Å². The minimum Gasteiger partial charge on any atom is -0.313 e. The number of halogens is 4. The van der Waals surface area contributed by atoms with Crippen LogP contribution in [0.5, 0.6) is 0 Å². The van der Waals surface area contributed by atoms with Gasteiger partial charge in [-0.1, -0.05) is 13.0 Å². The van der Waals surface area contributed by atoms with E-state index in [9.17, 15) is 13.2 Å². The first kappa shape index (κ1) is 16.3. The van der Waals surface area contributed by atoms with Crippen LogP contribution in [0, 0.1) is 3.57 Å². The minimum absolute atomic E-state index is 0.208. The average molecular weight is 409 g/mol. The van der Waals surface area contributed by atoms with Crippen molar-refractivity contribution in [3.63, 3.8) is 0 Å². The highest BCUT2D eigenvalue weighted by molar-refractivity contribution is 14.1. The number of nitrogens with zero attached hydrogens (tertiary/aromatic N) is 2. The lowest BCUT2D eigenvalue weighted by molar-refractivity contribution is -0.138. The van der Waals surface area contributed by atoms with Crippen LogP contribution in [-0.2, 0) is 12.7 Å². The van der Waals surface area contributed by atoms with Gasteiger partial charge in [-0.25, -0.2) is 4.68 Å². The van der Waals surface area contributed by atoms with Crippen molar-refractivity contribution >= 4 is 22.6 Å². The van der Waals surface area contributed by atoms with Gasteiger partial charge in [0.05, 0.1) is 21.0 Å². The van der Waals surface area contributed by atoms with E-state index in [4.69, 9.17) is 0 Å². The van der Waals surface area contributed by atoms with Crippen LogP contribution in [-0.4, -0.2) is 16.3 Å². The molecule has 2 aromatic rings. The summed E-state index contributed by atoms with van der Waals surface area (Å²) < 4.78 is 41.9. The van der Waals surface area contributed by atoms with E-state index >= 15 is 0 Å². The molecule has 0 bridgehead atoms. The van der Waals surface area contributed by atoms with Crippen LogP contribution in [0.25, 0.3) is 5.69 Å². The zero-order valence-corrected chi connectivity index (χ0v) is 13.6. The van der Waals surface area contributed by atoms with Gasteiger partial charge >= 0.3 is 6.18 Å². The van der Waals surface area contributed by atoms with Crippen LogP contribution < -0.4 is 5.32 Å². The predicted octanol–water partition coefficient (Wildman–Crippen LogP) is 4.00. The molecule has 0 atom stereocenters. The molecule has 0 amide bonds. The summed E-state index contributed by atoms with van der Waals surface area (Å²) in [6.45, 7) is 2.87. The largest absolute Gasteiger partial charge is 0.416 e. The molecule has 0 saturated carbocycles. The van der Waals surface area contributed by atoms with E-state index in [2.05, 4.69) is 33.0 Å². The molecular formula is C14H15F3IN3. The van der Waals surface area contributed by atoms with Gasteiger partial charge in [-0.05, 0) is 53.3 Å². The third-order valence-electron chi connectivity index (χ3n) is 2.96. The predicted molar refractivity (Wildman–Crippen MR) is 83.3 cm³/mol. The quantitative estimate of drug-likeness (QED) is 0.598. The van der Waals surface area contributed by atoms with E-state index in [-0.39, 0.29) is 12.1 Å². The van der Waals surface area contributed by atoms with Gasteiger partial charge in [0.15, 0.2) is 0 Å². The van der Waals surface area contributed by atoms with Gasteiger partial charge in [0.25, 0.3) is 0 Å². The SMILES string of the molecule is CCCNCc1ccc(-n2cc(I)cn2)cc1C(F)(F)F. The molecule has 0 aliphatic heterocycles. The van der Waals surface area contributed by atoms with Gasteiger partial charge in [-0.15, -0.1) is 0 Å². The molecule has 1 aromatic carbocycles. The molecule has 3 nitrogen and oxygen atoms in total.